The summed E-state index contributed by atoms with van der Waals surface area (Å²) in [5.74, 6) is -0.112. The predicted octanol–water partition coefficient (Wildman–Crippen LogP) is 0.551. The molecule has 0 atom stereocenters. The van der Waals surface area contributed by atoms with Gasteiger partial charge in [-0.2, -0.15) is 0 Å². The molecule has 0 radical (unpaired) electrons. The van der Waals surface area contributed by atoms with Crippen LogP contribution in [0.1, 0.15) is 12.8 Å². The van der Waals surface area contributed by atoms with Crippen LogP contribution in [0.5, 0.6) is 0 Å². The van der Waals surface area contributed by atoms with Crippen LogP contribution < -0.4 is 0 Å². The second-order valence-corrected chi connectivity index (χ2v) is 6.29. The van der Waals surface area contributed by atoms with Crippen molar-refractivity contribution in [1.82, 2.24) is 0 Å². The highest BCUT2D eigenvalue weighted by Gasteiger charge is 2.46. The second-order valence-electron chi connectivity index (χ2n) is 3.51. The highest BCUT2D eigenvalue weighted by atomic mass is 35.7. The van der Waals surface area contributed by atoms with Crippen molar-refractivity contribution in [1.29, 1.82) is 0 Å². The van der Waals surface area contributed by atoms with E-state index in [1.807, 2.05) is 0 Å². The number of halogens is 1. The van der Waals surface area contributed by atoms with E-state index in [1.165, 1.54) is 7.11 Å². The van der Waals surface area contributed by atoms with Gasteiger partial charge in [0.25, 0.3) is 0 Å². The predicted molar refractivity (Wildman–Crippen MR) is 48.2 cm³/mol. The van der Waals surface area contributed by atoms with Crippen molar-refractivity contribution in [3.8, 4) is 0 Å². The number of rotatable bonds is 4. The van der Waals surface area contributed by atoms with Gasteiger partial charge in [0.15, 0.2) is 0 Å². The second kappa shape index (κ2) is 3.55. The fraction of sp³-hybridized carbons (Fsp3) is 0.857. The van der Waals surface area contributed by atoms with E-state index in [0.717, 1.165) is 0 Å². The van der Waals surface area contributed by atoms with E-state index in [2.05, 4.69) is 0 Å². The molecule has 0 N–H and O–H groups in total. The van der Waals surface area contributed by atoms with Crippen LogP contribution in [-0.2, 0) is 18.6 Å². The molecule has 0 aromatic rings. The van der Waals surface area contributed by atoms with Crippen molar-refractivity contribution in [3.63, 3.8) is 0 Å². The smallest absolute Gasteiger partial charge is 0.233 e. The van der Waals surface area contributed by atoms with E-state index in [1.54, 1.807) is 0 Å². The normalized spacial score (nSPS) is 21.2. The lowest BCUT2D eigenvalue weighted by molar-refractivity contribution is -0.134. The van der Waals surface area contributed by atoms with Crippen LogP contribution in [0, 0.1) is 5.41 Å². The van der Waals surface area contributed by atoms with Gasteiger partial charge in [0.2, 0.25) is 9.05 Å². The molecule has 1 aliphatic carbocycles. The maximum atomic E-state index is 10.8. The summed E-state index contributed by atoms with van der Waals surface area (Å²) in [6.45, 7) is 0.269. The summed E-state index contributed by atoms with van der Waals surface area (Å²) in [4.78, 5) is 10.8. The highest BCUT2D eigenvalue weighted by molar-refractivity contribution is 8.13. The maximum Gasteiger partial charge on any atom is 0.233 e. The van der Waals surface area contributed by atoms with Gasteiger partial charge in [-0.05, 0) is 0 Å². The summed E-state index contributed by atoms with van der Waals surface area (Å²) in [7, 11) is 3.05. The molecule has 0 unspecified atom stereocenters. The van der Waals surface area contributed by atoms with Gasteiger partial charge in [-0.1, -0.05) is 0 Å². The van der Waals surface area contributed by atoms with Crippen molar-refractivity contribution < 1.29 is 17.9 Å². The summed E-state index contributed by atoms with van der Waals surface area (Å²) in [5.41, 5.74) is -0.563. The van der Waals surface area contributed by atoms with Crippen LogP contribution in [0.15, 0.2) is 0 Å². The molecule has 4 nitrogen and oxygen atoms in total. The summed E-state index contributed by atoms with van der Waals surface area (Å²) < 4.78 is 26.5. The fourth-order valence-corrected chi connectivity index (χ4v) is 3.42. The largest absolute Gasteiger partial charge is 0.384 e. The molecule has 0 aliphatic heterocycles. The average Bonchev–Trinajstić information content (AvgIpc) is 1.80. The Bertz CT molecular complexity index is 300. The van der Waals surface area contributed by atoms with Crippen molar-refractivity contribution in [2.45, 2.75) is 12.8 Å². The van der Waals surface area contributed by atoms with Crippen LogP contribution in [-0.4, -0.2) is 33.7 Å². The molecule has 1 rings (SSSR count). The maximum absolute atomic E-state index is 10.8. The molecule has 0 amide bonds. The third-order valence-corrected chi connectivity index (χ3v) is 3.36. The SMILES string of the molecule is COCC1(CS(=O)(=O)Cl)CC(=O)C1. The molecule has 1 aliphatic rings. The molecule has 13 heavy (non-hydrogen) atoms. The van der Waals surface area contributed by atoms with Crippen molar-refractivity contribution >= 4 is 25.5 Å². The number of Topliss-reactive ketones (excluding diaryl/α,β-unsaturated/α-hetero) is 1. The van der Waals surface area contributed by atoms with E-state index in [-0.39, 0.29) is 31.0 Å². The minimum atomic E-state index is -3.55. The van der Waals surface area contributed by atoms with Gasteiger partial charge in [0.05, 0.1) is 12.4 Å². The van der Waals surface area contributed by atoms with E-state index < -0.39 is 14.5 Å². The van der Waals surface area contributed by atoms with E-state index >= 15 is 0 Å². The minimum absolute atomic E-state index is 0.0670. The van der Waals surface area contributed by atoms with Gasteiger partial charge in [-0.25, -0.2) is 8.42 Å². The Hall–Kier alpha value is -0.130. The Labute approximate surface area is 81.6 Å². The summed E-state index contributed by atoms with van der Waals surface area (Å²) in [5, 5.41) is 0. The molecule has 0 spiro atoms. The summed E-state index contributed by atoms with van der Waals surface area (Å²) in [6.07, 6.45) is 0.513. The summed E-state index contributed by atoms with van der Waals surface area (Å²) >= 11 is 0. The van der Waals surface area contributed by atoms with Gasteiger partial charge in [-0.3, -0.25) is 4.79 Å². The first-order chi connectivity index (χ1) is 5.87. The number of ether oxygens (including phenoxy) is 1. The average molecular weight is 227 g/mol. The fourth-order valence-electron chi connectivity index (χ4n) is 1.70. The number of hydrogen-bond donors (Lipinski definition) is 0. The van der Waals surface area contributed by atoms with Crippen LogP contribution in [0.25, 0.3) is 0 Å². The molecule has 6 heteroatoms. The molecular weight excluding hydrogens is 216 g/mol. The number of carbonyl (C=O) groups excluding carboxylic acids is 1. The van der Waals surface area contributed by atoms with Crippen LogP contribution in [0.2, 0.25) is 0 Å². The molecule has 1 saturated carbocycles. The van der Waals surface area contributed by atoms with Gasteiger partial charge < -0.3 is 4.74 Å². The first kappa shape index (κ1) is 10.9. The van der Waals surface area contributed by atoms with Crippen LogP contribution in [0.3, 0.4) is 0 Å². The lowest BCUT2D eigenvalue weighted by Crippen LogP contribution is -2.45. The first-order valence-electron chi connectivity index (χ1n) is 3.80. The number of hydrogen-bond acceptors (Lipinski definition) is 4. The lowest BCUT2D eigenvalue weighted by atomic mass is 9.70. The lowest BCUT2D eigenvalue weighted by Gasteiger charge is -2.38. The molecule has 0 saturated heterocycles. The Kier molecular flexibility index (Phi) is 2.99. The van der Waals surface area contributed by atoms with Crippen LogP contribution in [0.4, 0.5) is 0 Å². The van der Waals surface area contributed by atoms with Gasteiger partial charge in [0, 0.05) is 36.0 Å². The minimum Gasteiger partial charge on any atom is -0.384 e. The number of methoxy groups -OCH3 is 1. The molecule has 0 aromatic carbocycles. The Morgan fingerprint density at radius 2 is 2.08 bits per heavy atom. The van der Waals surface area contributed by atoms with E-state index in [9.17, 15) is 13.2 Å². The van der Waals surface area contributed by atoms with Crippen LogP contribution >= 0.6 is 10.7 Å². The Morgan fingerprint density at radius 1 is 1.54 bits per heavy atom. The Morgan fingerprint density at radius 3 is 2.38 bits per heavy atom. The molecule has 76 valence electrons. The molecule has 0 heterocycles. The highest BCUT2D eigenvalue weighted by Crippen LogP contribution is 2.40. The number of ketones is 1. The van der Waals surface area contributed by atoms with Crippen molar-refractivity contribution in [2.24, 2.45) is 5.41 Å². The third kappa shape index (κ3) is 2.93. The zero-order chi connectivity index (χ0) is 10.1. The summed E-state index contributed by atoms with van der Waals surface area (Å²) in [6, 6.07) is 0. The van der Waals surface area contributed by atoms with Crippen molar-refractivity contribution in [2.75, 3.05) is 19.5 Å². The molecule has 1 fully saturated rings. The quantitative estimate of drug-likeness (QED) is 0.657. The Balaban J connectivity index is 2.65. The van der Waals surface area contributed by atoms with Gasteiger partial charge in [-0.15, -0.1) is 0 Å². The van der Waals surface area contributed by atoms with E-state index in [0.29, 0.717) is 0 Å². The monoisotopic (exact) mass is 226 g/mol. The van der Waals surface area contributed by atoms with Gasteiger partial charge in [0.1, 0.15) is 5.78 Å². The zero-order valence-corrected chi connectivity index (χ0v) is 8.82. The molecule has 0 aromatic heterocycles. The van der Waals surface area contributed by atoms with Crippen molar-refractivity contribution in [3.05, 3.63) is 0 Å². The number of carbonyl (C=O) groups is 1. The zero-order valence-electron chi connectivity index (χ0n) is 7.25. The van der Waals surface area contributed by atoms with Gasteiger partial charge >= 0.3 is 0 Å². The first-order valence-corrected chi connectivity index (χ1v) is 6.28. The topological polar surface area (TPSA) is 60.4 Å². The standard InChI is InChI=1S/C7H11ClO4S/c1-12-4-7(2-6(9)3-7)5-13(8,10)11/h2-5H2,1H3. The molecule has 0 bridgehead atoms. The van der Waals surface area contributed by atoms with E-state index in [4.69, 9.17) is 15.4 Å². The third-order valence-electron chi connectivity index (χ3n) is 2.07. The molecular formula is C7H11ClO4S.